The van der Waals surface area contributed by atoms with Crippen molar-refractivity contribution in [3.8, 4) is 0 Å². The number of rotatable bonds is 4. The van der Waals surface area contributed by atoms with Gasteiger partial charge in [-0.2, -0.15) is 0 Å². The van der Waals surface area contributed by atoms with Gasteiger partial charge < -0.3 is 4.74 Å². The molecule has 0 amide bonds. The molecule has 2 rings (SSSR count). The minimum Gasteiger partial charge on any atom is -0.468 e. The molecule has 0 radical (unpaired) electrons. The number of carbonyl (C=O) groups is 1. The average molecular weight is 332 g/mol. The van der Waals surface area contributed by atoms with E-state index in [4.69, 9.17) is 21.3 Å². The predicted octanol–water partition coefficient (Wildman–Crippen LogP) is 4.97. The van der Waals surface area contributed by atoms with Gasteiger partial charge in [-0.3, -0.25) is 9.78 Å². The molecule has 2 aromatic rings. The van der Waals surface area contributed by atoms with Gasteiger partial charge in [0.05, 0.1) is 23.1 Å². The second-order valence-electron chi connectivity index (χ2n) is 6.17. The Kier molecular flexibility index (Phi) is 5.10. The molecule has 1 heterocycles. The average Bonchev–Trinajstić information content (AvgIpc) is 2.53. The molecular formula is C19H22ClNO2. The maximum Gasteiger partial charge on any atom is 0.315 e. The normalized spacial score (nSPS) is 12.1. The molecule has 0 unspecified atom stereocenters. The number of benzene rings is 1. The fraction of sp³-hybridized carbons (Fsp3) is 0.368. The van der Waals surface area contributed by atoms with Crippen molar-refractivity contribution in [1.82, 2.24) is 4.98 Å². The second-order valence-corrected chi connectivity index (χ2v) is 6.58. The summed E-state index contributed by atoms with van der Waals surface area (Å²) < 4.78 is 4.83. The van der Waals surface area contributed by atoms with Crippen LogP contribution in [0.5, 0.6) is 0 Å². The zero-order valence-corrected chi connectivity index (χ0v) is 15.0. The maximum absolute atomic E-state index is 11.8. The number of halogens is 1. The standard InChI is InChI=1S/C19H22ClNO2/c1-6-14-11-16(20)15-8-7-13(12(2)17(15)21-14)9-10-19(3,4)18(22)23-5/h7-11H,6H2,1-5H3/b10-9+. The molecule has 122 valence electrons. The zero-order valence-electron chi connectivity index (χ0n) is 14.2. The van der Waals surface area contributed by atoms with E-state index in [1.165, 1.54) is 7.11 Å². The van der Waals surface area contributed by atoms with Crippen LogP contribution in [-0.4, -0.2) is 18.1 Å². The van der Waals surface area contributed by atoms with Gasteiger partial charge in [-0.05, 0) is 44.4 Å². The summed E-state index contributed by atoms with van der Waals surface area (Å²) in [4.78, 5) is 16.5. The third-order valence-corrected chi connectivity index (χ3v) is 4.34. The minimum atomic E-state index is -0.674. The summed E-state index contributed by atoms with van der Waals surface area (Å²) in [6.07, 6.45) is 4.64. The molecule has 0 spiro atoms. The Bertz CT molecular complexity index is 779. The van der Waals surface area contributed by atoms with E-state index in [-0.39, 0.29) is 5.97 Å². The van der Waals surface area contributed by atoms with Crippen LogP contribution in [0.3, 0.4) is 0 Å². The lowest BCUT2D eigenvalue weighted by Crippen LogP contribution is -2.22. The van der Waals surface area contributed by atoms with Crippen LogP contribution >= 0.6 is 11.6 Å². The number of carbonyl (C=O) groups excluding carboxylic acids is 1. The number of esters is 1. The molecule has 4 heteroatoms. The second kappa shape index (κ2) is 6.71. The number of ether oxygens (including phenoxy) is 1. The molecule has 0 saturated heterocycles. The highest BCUT2D eigenvalue weighted by atomic mass is 35.5. The Morgan fingerprint density at radius 2 is 2.09 bits per heavy atom. The van der Waals surface area contributed by atoms with Gasteiger partial charge in [-0.15, -0.1) is 0 Å². The summed E-state index contributed by atoms with van der Waals surface area (Å²) in [5.74, 6) is -0.262. The monoisotopic (exact) mass is 331 g/mol. The largest absolute Gasteiger partial charge is 0.468 e. The van der Waals surface area contributed by atoms with Crippen molar-refractivity contribution in [2.24, 2.45) is 5.41 Å². The third kappa shape index (κ3) is 3.56. The molecule has 3 nitrogen and oxygen atoms in total. The van der Waals surface area contributed by atoms with Crippen LogP contribution in [-0.2, 0) is 16.0 Å². The SMILES string of the molecule is CCc1cc(Cl)c2ccc(/C=C/C(C)(C)C(=O)OC)c(C)c2n1. The Balaban J connectivity index is 2.51. The summed E-state index contributed by atoms with van der Waals surface area (Å²) in [6, 6.07) is 5.89. The number of hydrogen-bond acceptors (Lipinski definition) is 3. The molecule has 0 aliphatic rings. The van der Waals surface area contributed by atoms with E-state index in [2.05, 4.69) is 6.92 Å². The van der Waals surface area contributed by atoms with Gasteiger partial charge in [0.1, 0.15) is 0 Å². The lowest BCUT2D eigenvalue weighted by atomic mass is 9.91. The van der Waals surface area contributed by atoms with Gasteiger partial charge in [0.2, 0.25) is 0 Å². The van der Waals surface area contributed by atoms with Gasteiger partial charge in [-0.25, -0.2) is 0 Å². The Labute approximate surface area is 142 Å². The van der Waals surface area contributed by atoms with E-state index < -0.39 is 5.41 Å². The highest BCUT2D eigenvalue weighted by molar-refractivity contribution is 6.35. The molecule has 1 aromatic heterocycles. The first-order valence-electron chi connectivity index (χ1n) is 7.66. The van der Waals surface area contributed by atoms with Crippen LogP contribution in [0.25, 0.3) is 17.0 Å². The van der Waals surface area contributed by atoms with Crippen LogP contribution in [0.4, 0.5) is 0 Å². The molecule has 0 aliphatic carbocycles. The number of pyridine rings is 1. The number of aryl methyl sites for hydroxylation is 2. The summed E-state index contributed by atoms with van der Waals surface area (Å²) in [7, 11) is 1.40. The molecule has 0 bridgehead atoms. The summed E-state index contributed by atoms with van der Waals surface area (Å²) >= 11 is 6.36. The molecule has 0 N–H and O–H groups in total. The predicted molar refractivity (Wildman–Crippen MR) is 95.7 cm³/mol. The number of methoxy groups -OCH3 is 1. The van der Waals surface area contributed by atoms with Crippen molar-refractivity contribution in [1.29, 1.82) is 0 Å². The summed E-state index contributed by atoms with van der Waals surface area (Å²) in [6.45, 7) is 7.74. The van der Waals surface area contributed by atoms with Crippen molar-refractivity contribution in [2.45, 2.75) is 34.1 Å². The minimum absolute atomic E-state index is 0.262. The van der Waals surface area contributed by atoms with Crippen molar-refractivity contribution >= 4 is 34.5 Å². The Morgan fingerprint density at radius 3 is 2.70 bits per heavy atom. The molecule has 0 atom stereocenters. The van der Waals surface area contributed by atoms with E-state index in [0.717, 1.165) is 39.2 Å². The quantitative estimate of drug-likeness (QED) is 0.742. The molecule has 23 heavy (non-hydrogen) atoms. The van der Waals surface area contributed by atoms with Gasteiger partial charge >= 0.3 is 5.97 Å². The van der Waals surface area contributed by atoms with E-state index in [1.54, 1.807) is 0 Å². The van der Waals surface area contributed by atoms with Crippen molar-refractivity contribution in [3.63, 3.8) is 0 Å². The third-order valence-electron chi connectivity index (χ3n) is 4.03. The molecule has 1 aromatic carbocycles. The smallest absolute Gasteiger partial charge is 0.315 e. The fourth-order valence-corrected chi connectivity index (χ4v) is 2.72. The van der Waals surface area contributed by atoms with Crippen LogP contribution in [0.15, 0.2) is 24.3 Å². The summed E-state index contributed by atoms with van der Waals surface area (Å²) in [5.41, 5.74) is 3.28. The first-order valence-corrected chi connectivity index (χ1v) is 8.04. The van der Waals surface area contributed by atoms with Gasteiger partial charge in [0, 0.05) is 11.1 Å². The van der Waals surface area contributed by atoms with Crippen molar-refractivity contribution in [3.05, 3.63) is 46.1 Å². The van der Waals surface area contributed by atoms with Crippen molar-refractivity contribution in [2.75, 3.05) is 7.11 Å². The highest BCUT2D eigenvalue weighted by Crippen LogP contribution is 2.29. The number of hydrogen-bond donors (Lipinski definition) is 0. The van der Waals surface area contributed by atoms with Crippen LogP contribution in [0, 0.1) is 12.3 Å². The van der Waals surface area contributed by atoms with E-state index in [1.807, 2.05) is 51.1 Å². The molecule has 0 aliphatic heterocycles. The lowest BCUT2D eigenvalue weighted by molar-refractivity contribution is -0.148. The Morgan fingerprint density at radius 1 is 1.39 bits per heavy atom. The number of aromatic nitrogens is 1. The lowest BCUT2D eigenvalue weighted by Gasteiger charge is -2.17. The Hall–Kier alpha value is -1.87. The van der Waals surface area contributed by atoms with E-state index in [9.17, 15) is 4.79 Å². The number of fused-ring (bicyclic) bond motifs is 1. The molecular weight excluding hydrogens is 310 g/mol. The highest BCUT2D eigenvalue weighted by Gasteiger charge is 2.25. The van der Waals surface area contributed by atoms with Gasteiger partial charge in [0.15, 0.2) is 0 Å². The van der Waals surface area contributed by atoms with Gasteiger partial charge in [-0.1, -0.05) is 42.8 Å². The van der Waals surface area contributed by atoms with E-state index in [0.29, 0.717) is 0 Å². The first-order chi connectivity index (χ1) is 10.8. The molecule has 0 fully saturated rings. The van der Waals surface area contributed by atoms with Crippen LogP contribution in [0.2, 0.25) is 5.02 Å². The van der Waals surface area contributed by atoms with Gasteiger partial charge in [0.25, 0.3) is 0 Å². The number of nitrogens with zero attached hydrogens (tertiary/aromatic N) is 1. The zero-order chi connectivity index (χ0) is 17.2. The fourth-order valence-electron chi connectivity index (χ4n) is 2.44. The van der Waals surface area contributed by atoms with Crippen molar-refractivity contribution < 1.29 is 9.53 Å². The topological polar surface area (TPSA) is 39.2 Å². The van der Waals surface area contributed by atoms with Crippen LogP contribution in [0.1, 0.15) is 37.6 Å². The van der Waals surface area contributed by atoms with E-state index >= 15 is 0 Å². The first kappa shape index (κ1) is 17.5. The molecule has 0 saturated carbocycles. The maximum atomic E-state index is 11.8. The summed E-state index contributed by atoms with van der Waals surface area (Å²) in [5, 5.41) is 1.67. The van der Waals surface area contributed by atoms with Crippen LogP contribution < -0.4 is 0 Å².